The summed E-state index contributed by atoms with van der Waals surface area (Å²) in [5.41, 5.74) is 3.36. The van der Waals surface area contributed by atoms with E-state index in [2.05, 4.69) is 23.1 Å². The third-order valence-electron chi connectivity index (χ3n) is 3.71. The molecule has 1 aromatic rings. The third kappa shape index (κ3) is 4.85. The Hall–Kier alpha value is -1.78. The number of carbonyl (C=O) groups is 1. The number of hydrogen-bond donors (Lipinski definition) is 1. The SMILES string of the molecule is C=C(C)C1CC=C(C)/C(=N/OC(=O)Nc2ccc(Cl)c(Cl)c2)C1. The summed E-state index contributed by atoms with van der Waals surface area (Å²) in [6, 6.07) is 4.77. The zero-order valence-corrected chi connectivity index (χ0v) is 14.5. The molecule has 1 unspecified atom stereocenters. The lowest BCUT2D eigenvalue weighted by Gasteiger charge is -2.21. The van der Waals surface area contributed by atoms with Crippen molar-refractivity contribution in [2.24, 2.45) is 11.1 Å². The molecule has 0 saturated heterocycles. The van der Waals surface area contributed by atoms with E-state index in [9.17, 15) is 4.79 Å². The number of hydrogen-bond acceptors (Lipinski definition) is 3. The summed E-state index contributed by atoms with van der Waals surface area (Å²) in [4.78, 5) is 16.8. The fraction of sp³-hybridized carbons (Fsp3) is 0.294. The average Bonchev–Trinajstić information content (AvgIpc) is 2.50. The highest BCUT2D eigenvalue weighted by Crippen LogP contribution is 2.27. The number of halogens is 2. The van der Waals surface area contributed by atoms with Crippen LogP contribution in [0.5, 0.6) is 0 Å². The van der Waals surface area contributed by atoms with Gasteiger partial charge in [-0.2, -0.15) is 0 Å². The van der Waals surface area contributed by atoms with E-state index in [4.69, 9.17) is 28.0 Å². The maximum absolute atomic E-state index is 11.8. The van der Waals surface area contributed by atoms with Crippen LogP contribution in [0.15, 0.2) is 47.2 Å². The Balaban J connectivity index is 1.99. The molecule has 1 aliphatic carbocycles. The van der Waals surface area contributed by atoms with Crippen LogP contribution in [-0.2, 0) is 4.84 Å². The molecule has 2 rings (SSSR count). The van der Waals surface area contributed by atoms with Crippen molar-refractivity contribution in [3.8, 4) is 0 Å². The van der Waals surface area contributed by atoms with Gasteiger partial charge < -0.3 is 0 Å². The molecule has 122 valence electrons. The number of anilines is 1. The summed E-state index contributed by atoms with van der Waals surface area (Å²) >= 11 is 11.7. The molecule has 0 aliphatic heterocycles. The Labute approximate surface area is 145 Å². The minimum atomic E-state index is -0.680. The fourth-order valence-electron chi connectivity index (χ4n) is 2.21. The number of allylic oxidation sites excluding steroid dienone is 3. The lowest BCUT2D eigenvalue weighted by Crippen LogP contribution is -2.18. The number of nitrogens with zero attached hydrogens (tertiary/aromatic N) is 1. The van der Waals surface area contributed by atoms with E-state index in [0.29, 0.717) is 21.7 Å². The number of amides is 1. The fourth-order valence-corrected chi connectivity index (χ4v) is 2.51. The number of rotatable bonds is 3. The minimum Gasteiger partial charge on any atom is -0.298 e. The van der Waals surface area contributed by atoms with E-state index in [0.717, 1.165) is 29.7 Å². The van der Waals surface area contributed by atoms with Crippen molar-refractivity contribution in [1.82, 2.24) is 0 Å². The second-order valence-electron chi connectivity index (χ2n) is 5.54. The van der Waals surface area contributed by atoms with Crippen molar-refractivity contribution in [2.45, 2.75) is 26.7 Å². The van der Waals surface area contributed by atoms with Gasteiger partial charge in [0.25, 0.3) is 0 Å². The molecular weight excluding hydrogens is 335 g/mol. The summed E-state index contributed by atoms with van der Waals surface area (Å²) in [6.07, 6.45) is 3.07. The first-order valence-corrected chi connectivity index (χ1v) is 7.95. The van der Waals surface area contributed by atoms with Crippen molar-refractivity contribution in [3.05, 3.63) is 52.0 Å². The molecule has 0 fully saturated rings. The Morgan fingerprint density at radius 1 is 1.39 bits per heavy atom. The monoisotopic (exact) mass is 352 g/mol. The van der Waals surface area contributed by atoms with Crippen LogP contribution >= 0.6 is 23.2 Å². The van der Waals surface area contributed by atoms with Crippen LogP contribution in [0.3, 0.4) is 0 Å². The number of benzene rings is 1. The van der Waals surface area contributed by atoms with Gasteiger partial charge in [0.2, 0.25) is 0 Å². The zero-order chi connectivity index (χ0) is 17.0. The smallest absolute Gasteiger partial charge is 0.298 e. The van der Waals surface area contributed by atoms with Gasteiger partial charge in [0.1, 0.15) is 0 Å². The standard InChI is InChI=1S/C17H18Cl2N2O2/c1-10(2)12-5-4-11(3)16(8-12)21-23-17(22)20-13-6-7-14(18)15(19)9-13/h4,6-7,9,12H,1,5,8H2,2-3H3,(H,20,22)/b21-16+. The predicted octanol–water partition coefficient (Wildman–Crippen LogP) is 5.83. The lowest BCUT2D eigenvalue weighted by molar-refractivity contribution is 0.166. The summed E-state index contributed by atoms with van der Waals surface area (Å²) in [6.45, 7) is 7.92. The Bertz CT molecular complexity index is 696. The predicted molar refractivity (Wildman–Crippen MR) is 95.3 cm³/mol. The van der Waals surface area contributed by atoms with Crippen LogP contribution < -0.4 is 5.32 Å². The maximum Gasteiger partial charge on any atom is 0.437 e. The Kier molecular flexibility index (Phi) is 5.85. The molecule has 0 saturated carbocycles. The van der Waals surface area contributed by atoms with Gasteiger partial charge in [-0.1, -0.05) is 46.6 Å². The van der Waals surface area contributed by atoms with Gasteiger partial charge in [0, 0.05) is 12.1 Å². The number of oxime groups is 1. The van der Waals surface area contributed by atoms with E-state index < -0.39 is 6.09 Å². The molecule has 1 atom stereocenters. The molecule has 0 bridgehead atoms. The van der Waals surface area contributed by atoms with Crippen LogP contribution in [-0.4, -0.2) is 11.8 Å². The summed E-state index contributed by atoms with van der Waals surface area (Å²) in [7, 11) is 0. The number of nitrogens with one attached hydrogen (secondary N) is 1. The van der Waals surface area contributed by atoms with Gasteiger partial charge in [-0.15, -0.1) is 0 Å². The van der Waals surface area contributed by atoms with Crippen LogP contribution in [0.2, 0.25) is 10.0 Å². The molecule has 0 aromatic heterocycles. The van der Waals surface area contributed by atoms with Gasteiger partial charge in [0.15, 0.2) is 0 Å². The van der Waals surface area contributed by atoms with Crippen molar-refractivity contribution < 1.29 is 9.63 Å². The van der Waals surface area contributed by atoms with Crippen LogP contribution in [0.4, 0.5) is 10.5 Å². The highest BCUT2D eigenvalue weighted by atomic mass is 35.5. The summed E-state index contributed by atoms with van der Waals surface area (Å²) < 4.78 is 0. The molecule has 1 N–H and O–H groups in total. The average molecular weight is 353 g/mol. The van der Waals surface area contributed by atoms with Crippen LogP contribution in [0, 0.1) is 5.92 Å². The van der Waals surface area contributed by atoms with E-state index in [-0.39, 0.29) is 0 Å². The van der Waals surface area contributed by atoms with E-state index in [1.54, 1.807) is 18.2 Å². The Morgan fingerprint density at radius 3 is 2.78 bits per heavy atom. The van der Waals surface area contributed by atoms with Gasteiger partial charge in [-0.25, -0.2) is 4.79 Å². The van der Waals surface area contributed by atoms with Gasteiger partial charge in [-0.3, -0.25) is 10.2 Å². The molecule has 0 spiro atoms. The largest absolute Gasteiger partial charge is 0.437 e. The second kappa shape index (κ2) is 7.66. The molecule has 1 aromatic carbocycles. The number of carbonyl (C=O) groups excluding carboxylic acids is 1. The normalized spacial score (nSPS) is 19.2. The molecule has 23 heavy (non-hydrogen) atoms. The topological polar surface area (TPSA) is 50.7 Å². The molecule has 1 amide bonds. The Morgan fingerprint density at radius 2 is 2.13 bits per heavy atom. The quantitative estimate of drug-likeness (QED) is 0.422. The van der Waals surface area contributed by atoms with E-state index >= 15 is 0 Å². The van der Waals surface area contributed by atoms with E-state index in [1.807, 2.05) is 13.8 Å². The first kappa shape index (κ1) is 17.6. The second-order valence-corrected chi connectivity index (χ2v) is 6.36. The third-order valence-corrected chi connectivity index (χ3v) is 4.44. The zero-order valence-electron chi connectivity index (χ0n) is 13.0. The molecule has 0 heterocycles. The van der Waals surface area contributed by atoms with E-state index in [1.165, 1.54) is 0 Å². The first-order valence-electron chi connectivity index (χ1n) is 7.19. The van der Waals surface area contributed by atoms with Crippen molar-refractivity contribution in [1.29, 1.82) is 0 Å². The van der Waals surface area contributed by atoms with Gasteiger partial charge >= 0.3 is 6.09 Å². The van der Waals surface area contributed by atoms with Gasteiger partial charge in [-0.05, 0) is 50.0 Å². The molecule has 4 nitrogen and oxygen atoms in total. The first-order chi connectivity index (χ1) is 10.9. The summed E-state index contributed by atoms with van der Waals surface area (Å²) in [5.74, 6) is 0.333. The molecule has 0 radical (unpaired) electrons. The minimum absolute atomic E-state index is 0.333. The molecule has 1 aliphatic rings. The highest BCUT2D eigenvalue weighted by molar-refractivity contribution is 6.42. The molecule has 6 heteroatoms. The lowest BCUT2D eigenvalue weighted by atomic mass is 9.85. The van der Waals surface area contributed by atoms with Crippen molar-refractivity contribution in [2.75, 3.05) is 5.32 Å². The maximum atomic E-state index is 11.8. The van der Waals surface area contributed by atoms with Gasteiger partial charge in [0.05, 0.1) is 15.8 Å². The van der Waals surface area contributed by atoms with Crippen molar-refractivity contribution >= 4 is 40.7 Å². The highest BCUT2D eigenvalue weighted by Gasteiger charge is 2.19. The molecular formula is C17H18Cl2N2O2. The summed E-state index contributed by atoms with van der Waals surface area (Å²) in [5, 5.41) is 7.29. The van der Waals surface area contributed by atoms with Crippen LogP contribution in [0.1, 0.15) is 26.7 Å². The van der Waals surface area contributed by atoms with Crippen LogP contribution in [0.25, 0.3) is 0 Å². The van der Waals surface area contributed by atoms with Crippen molar-refractivity contribution in [3.63, 3.8) is 0 Å².